The number of halogens is 2. The third-order valence-corrected chi connectivity index (χ3v) is 6.27. The van der Waals surface area contributed by atoms with Crippen molar-refractivity contribution in [3.05, 3.63) is 30.5 Å². The van der Waals surface area contributed by atoms with Gasteiger partial charge in [-0.15, -0.1) is 0 Å². The van der Waals surface area contributed by atoms with Crippen LogP contribution in [0, 0.1) is 6.92 Å². The Balaban J connectivity index is 1.38. The molecule has 0 saturated heterocycles. The normalized spacial score (nSPS) is 19.1. The van der Waals surface area contributed by atoms with Crippen LogP contribution in [0.15, 0.2) is 24.7 Å². The lowest BCUT2D eigenvalue weighted by molar-refractivity contribution is 0.0346. The van der Waals surface area contributed by atoms with Crippen molar-refractivity contribution in [2.45, 2.75) is 64.6 Å². The smallest absolute Gasteiger partial charge is 0.256 e. The molecular weight excluding hydrogens is 428 g/mol. The van der Waals surface area contributed by atoms with E-state index in [2.05, 4.69) is 30.2 Å². The number of aromatic nitrogens is 6. The summed E-state index contributed by atoms with van der Waals surface area (Å²) in [5.41, 5.74) is 3.41. The fraction of sp³-hybridized carbons (Fsp3) is 0.478. The zero-order valence-corrected chi connectivity index (χ0v) is 18.7. The third kappa shape index (κ3) is 4.39. The Morgan fingerprint density at radius 2 is 2.00 bits per heavy atom. The minimum atomic E-state index is -2.47. The van der Waals surface area contributed by atoms with Gasteiger partial charge in [0, 0.05) is 47.8 Å². The van der Waals surface area contributed by atoms with E-state index in [1.165, 1.54) is 4.57 Å². The molecule has 0 spiro atoms. The molecule has 4 aromatic heterocycles. The Labute approximate surface area is 189 Å². The molecular formula is C23H27F2N7O. The van der Waals surface area contributed by atoms with E-state index < -0.39 is 13.0 Å². The molecule has 174 valence electrons. The molecule has 8 nitrogen and oxygen atoms in total. The Morgan fingerprint density at radius 1 is 1.18 bits per heavy atom. The van der Waals surface area contributed by atoms with Gasteiger partial charge in [0.1, 0.15) is 11.5 Å². The summed E-state index contributed by atoms with van der Waals surface area (Å²) >= 11 is 0. The number of anilines is 1. The van der Waals surface area contributed by atoms with Gasteiger partial charge in [-0.05, 0) is 45.6 Å². The lowest BCUT2D eigenvalue weighted by Crippen LogP contribution is -2.30. The van der Waals surface area contributed by atoms with Crippen molar-refractivity contribution >= 4 is 28.1 Å². The summed E-state index contributed by atoms with van der Waals surface area (Å²) in [5, 5.41) is 4.29. The fourth-order valence-corrected chi connectivity index (χ4v) is 4.64. The van der Waals surface area contributed by atoms with Gasteiger partial charge in [0.15, 0.2) is 5.65 Å². The van der Waals surface area contributed by atoms with Crippen molar-refractivity contribution in [2.75, 3.05) is 11.9 Å². The number of pyridine rings is 1. The van der Waals surface area contributed by atoms with Crippen molar-refractivity contribution in [1.82, 2.24) is 29.5 Å². The molecule has 0 bridgehead atoms. The molecule has 4 aromatic rings. The highest BCUT2D eigenvalue weighted by Crippen LogP contribution is 2.30. The lowest BCUT2D eigenvalue weighted by Gasteiger charge is -2.28. The van der Waals surface area contributed by atoms with Gasteiger partial charge < -0.3 is 19.6 Å². The second-order valence-corrected chi connectivity index (χ2v) is 8.46. The molecule has 0 radical (unpaired) electrons. The van der Waals surface area contributed by atoms with Crippen LogP contribution in [0.2, 0.25) is 0 Å². The summed E-state index contributed by atoms with van der Waals surface area (Å²) in [6.45, 7) is 4.09. The Hall–Kier alpha value is -3.14. The summed E-state index contributed by atoms with van der Waals surface area (Å²) < 4.78 is 33.3. The Kier molecular flexibility index (Phi) is 5.92. The molecule has 0 amide bonds. The van der Waals surface area contributed by atoms with E-state index >= 15 is 0 Å². The van der Waals surface area contributed by atoms with Crippen molar-refractivity contribution in [1.29, 1.82) is 0 Å². The summed E-state index contributed by atoms with van der Waals surface area (Å²) in [6.07, 6.45) is 7.36. The van der Waals surface area contributed by atoms with E-state index in [-0.39, 0.29) is 0 Å². The molecule has 0 aromatic carbocycles. The molecule has 1 aliphatic carbocycles. The Bertz CT molecular complexity index is 1260. The zero-order valence-electron chi connectivity index (χ0n) is 18.7. The van der Waals surface area contributed by atoms with Gasteiger partial charge in [-0.1, -0.05) is 0 Å². The first-order valence-corrected chi connectivity index (χ1v) is 11.4. The standard InChI is InChI=1S/C23H27F2N7O/c1-3-33-16-6-4-15(5-7-16)30-23-28-11-18-17(10-27-21(18)31-23)14-8-19-22(26-9-14)29-13(2)32(19)12-20(24)25/h8-11,15-16,20H,3-7,12H2,1-2H3,(H2,27,28,30,31). The van der Waals surface area contributed by atoms with E-state index in [0.717, 1.165) is 48.8 Å². The SMILES string of the molecule is CCOC1CCC(Nc2ncc3c(-c4cnc5nc(C)n(CC(F)F)c5c4)c[nH]c3n2)CC1. The van der Waals surface area contributed by atoms with Crippen LogP contribution in [0.25, 0.3) is 33.3 Å². The van der Waals surface area contributed by atoms with Crippen LogP contribution in [0.1, 0.15) is 38.4 Å². The van der Waals surface area contributed by atoms with Gasteiger partial charge in [-0.25, -0.2) is 23.7 Å². The molecule has 33 heavy (non-hydrogen) atoms. The highest BCUT2D eigenvalue weighted by molar-refractivity contribution is 5.95. The van der Waals surface area contributed by atoms with Crippen LogP contribution in [0.3, 0.4) is 0 Å². The van der Waals surface area contributed by atoms with Crippen LogP contribution in [0.5, 0.6) is 0 Å². The molecule has 10 heteroatoms. The molecule has 5 rings (SSSR count). The number of aryl methyl sites for hydroxylation is 1. The van der Waals surface area contributed by atoms with Crippen molar-refractivity contribution in [3.8, 4) is 11.1 Å². The molecule has 0 atom stereocenters. The minimum absolute atomic E-state index is 0.332. The predicted molar refractivity (Wildman–Crippen MR) is 122 cm³/mol. The molecule has 2 N–H and O–H groups in total. The van der Waals surface area contributed by atoms with Gasteiger partial charge in [0.2, 0.25) is 5.95 Å². The Morgan fingerprint density at radius 3 is 2.76 bits per heavy atom. The molecule has 1 fully saturated rings. The number of alkyl halides is 2. The highest BCUT2D eigenvalue weighted by Gasteiger charge is 2.22. The number of fused-ring (bicyclic) bond motifs is 2. The molecule has 4 heterocycles. The van der Waals surface area contributed by atoms with E-state index in [1.54, 1.807) is 19.3 Å². The maximum atomic E-state index is 13.0. The second kappa shape index (κ2) is 9.01. The first-order valence-electron chi connectivity index (χ1n) is 11.4. The van der Waals surface area contributed by atoms with Gasteiger partial charge in [0.25, 0.3) is 6.43 Å². The van der Waals surface area contributed by atoms with Gasteiger partial charge in [0.05, 0.1) is 18.2 Å². The van der Waals surface area contributed by atoms with Crippen LogP contribution in [-0.4, -0.2) is 54.7 Å². The largest absolute Gasteiger partial charge is 0.379 e. The summed E-state index contributed by atoms with van der Waals surface area (Å²) in [4.78, 5) is 21.1. The van der Waals surface area contributed by atoms with Crippen LogP contribution >= 0.6 is 0 Å². The fourth-order valence-electron chi connectivity index (χ4n) is 4.64. The van der Waals surface area contributed by atoms with E-state index in [0.29, 0.717) is 40.7 Å². The average molecular weight is 456 g/mol. The number of hydrogen-bond donors (Lipinski definition) is 2. The van der Waals surface area contributed by atoms with Crippen LogP contribution < -0.4 is 5.32 Å². The van der Waals surface area contributed by atoms with Crippen molar-refractivity contribution < 1.29 is 13.5 Å². The van der Waals surface area contributed by atoms with Gasteiger partial charge in [-0.2, -0.15) is 4.98 Å². The number of nitrogens with zero attached hydrogens (tertiary/aromatic N) is 5. The van der Waals surface area contributed by atoms with Gasteiger partial charge in [-0.3, -0.25) is 0 Å². The first kappa shape index (κ1) is 21.7. The van der Waals surface area contributed by atoms with Crippen LogP contribution in [-0.2, 0) is 11.3 Å². The number of rotatable bonds is 7. The first-order chi connectivity index (χ1) is 16.0. The van der Waals surface area contributed by atoms with Crippen molar-refractivity contribution in [2.24, 2.45) is 0 Å². The summed E-state index contributed by atoms with van der Waals surface area (Å²) in [6, 6.07) is 2.18. The van der Waals surface area contributed by atoms with Gasteiger partial charge >= 0.3 is 0 Å². The van der Waals surface area contributed by atoms with E-state index in [4.69, 9.17) is 4.74 Å². The van der Waals surface area contributed by atoms with Crippen molar-refractivity contribution in [3.63, 3.8) is 0 Å². The molecule has 1 saturated carbocycles. The quantitative estimate of drug-likeness (QED) is 0.420. The third-order valence-electron chi connectivity index (χ3n) is 6.27. The lowest BCUT2D eigenvalue weighted by atomic mass is 9.93. The topological polar surface area (TPSA) is 93.5 Å². The van der Waals surface area contributed by atoms with E-state index in [1.807, 2.05) is 19.2 Å². The zero-order chi connectivity index (χ0) is 22.9. The minimum Gasteiger partial charge on any atom is -0.379 e. The molecule has 1 aliphatic rings. The number of nitrogens with one attached hydrogen (secondary N) is 2. The average Bonchev–Trinajstić information content (AvgIpc) is 3.35. The maximum absolute atomic E-state index is 13.0. The van der Waals surface area contributed by atoms with Crippen LogP contribution in [0.4, 0.5) is 14.7 Å². The number of ether oxygens (including phenoxy) is 1. The molecule has 0 unspecified atom stereocenters. The molecule has 0 aliphatic heterocycles. The predicted octanol–water partition coefficient (Wildman–Crippen LogP) is 4.70. The number of imidazole rings is 1. The number of H-pyrrole nitrogens is 1. The van der Waals surface area contributed by atoms with E-state index in [9.17, 15) is 8.78 Å². The highest BCUT2D eigenvalue weighted by atomic mass is 19.3. The summed E-state index contributed by atoms with van der Waals surface area (Å²) in [5.74, 6) is 1.11. The number of aromatic amines is 1. The summed E-state index contributed by atoms with van der Waals surface area (Å²) in [7, 11) is 0. The second-order valence-electron chi connectivity index (χ2n) is 8.46. The number of hydrogen-bond acceptors (Lipinski definition) is 6. The maximum Gasteiger partial charge on any atom is 0.256 e. The monoisotopic (exact) mass is 455 g/mol.